The summed E-state index contributed by atoms with van der Waals surface area (Å²) in [5.41, 5.74) is 7.89. The Kier molecular flexibility index (Phi) is 5.74. The number of amides is 1. The van der Waals surface area contributed by atoms with Gasteiger partial charge < -0.3 is 20.5 Å². The zero-order valence-corrected chi connectivity index (χ0v) is 16.4. The fourth-order valence-corrected chi connectivity index (χ4v) is 2.95. The third kappa shape index (κ3) is 3.48. The smallest absolute Gasteiger partial charge is 0.319 e. The normalized spacial score (nSPS) is 10.7. The number of rotatable bonds is 6. The number of fused-ring (bicyclic) bond motifs is 1. The van der Waals surface area contributed by atoms with E-state index in [2.05, 4.69) is 25.5 Å². The van der Waals surface area contributed by atoms with E-state index >= 15 is 0 Å². The van der Waals surface area contributed by atoms with E-state index in [1.807, 2.05) is 6.92 Å². The number of carbonyl (C=O) groups excluding carboxylic acids is 1. The van der Waals surface area contributed by atoms with E-state index in [-0.39, 0.29) is 29.2 Å². The maximum atomic E-state index is 12.3. The molecule has 0 saturated heterocycles. The van der Waals surface area contributed by atoms with Crippen LogP contribution in [0.2, 0.25) is 5.02 Å². The summed E-state index contributed by atoms with van der Waals surface area (Å²) >= 11 is 6.43. The first kappa shape index (κ1) is 19.6. The monoisotopic (exact) mass is 402 g/mol. The molecule has 0 aliphatic carbocycles. The van der Waals surface area contributed by atoms with E-state index < -0.39 is 0 Å². The van der Waals surface area contributed by atoms with Crippen molar-refractivity contribution in [3.8, 4) is 23.0 Å². The lowest BCUT2D eigenvalue weighted by atomic mass is 10.0. The highest BCUT2D eigenvalue weighted by Gasteiger charge is 2.21. The SMILES string of the molecule is CCCNC(=O)c1nnc2c(-c3cnc(OC)nc3OC)c(Cl)ccc2c1N. The van der Waals surface area contributed by atoms with Gasteiger partial charge >= 0.3 is 6.01 Å². The summed E-state index contributed by atoms with van der Waals surface area (Å²) in [6.45, 7) is 2.47. The molecule has 0 unspecified atom stereocenters. The number of nitrogen functional groups attached to an aromatic ring is 1. The number of hydrogen-bond acceptors (Lipinski definition) is 8. The predicted molar refractivity (Wildman–Crippen MR) is 106 cm³/mol. The number of methoxy groups -OCH3 is 2. The Hall–Kier alpha value is -3.20. The van der Waals surface area contributed by atoms with Gasteiger partial charge in [0.1, 0.15) is 5.52 Å². The topological polar surface area (TPSA) is 125 Å². The first-order valence-corrected chi connectivity index (χ1v) is 8.87. The Morgan fingerprint density at radius 2 is 2.04 bits per heavy atom. The lowest BCUT2D eigenvalue weighted by molar-refractivity contribution is 0.0949. The summed E-state index contributed by atoms with van der Waals surface area (Å²) in [6, 6.07) is 3.50. The molecular weight excluding hydrogens is 384 g/mol. The number of halogens is 1. The van der Waals surface area contributed by atoms with E-state index in [1.165, 1.54) is 20.4 Å². The molecule has 3 rings (SSSR count). The molecule has 0 fully saturated rings. The fraction of sp³-hybridized carbons (Fsp3) is 0.278. The summed E-state index contributed by atoms with van der Waals surface area (Å²) in [6.07, 6.45) is 2.31. The predicted octanol–water partition coefficient (Wildman–Crippen LogP) is 2.48. The van der Waals surface area contributed by atoms with Crippen LogP contribution in [0.5, 0.6) is 11.9 Å². The molecule has 146 valence electrons. The molecule has 0 bridgehead atoms. The van der Waals surface area contributed by atoms with E-state index in [9.17, 15) is 4.79 Å². The Morgan fingerprint density at radius 1 is 1.25 bits per heavy atom. The van der Waals surface area contributed by atoms with Gasteiger partial charge in [-0.15, -0.1) is 10.2 Å². The molecule has 2 aromatic heterocycles. The first-order chi connectivity index (χ1) is 13.5. The second-order valence-electron chi connectivity index (χ2n) is 5.82. The van der Waals surface area contributed by atoms with Crippen molar-refractivity contribution in [3.05, 3.63) is 29.0 Å². The number of hydrogen-bond donors (Lipinski definition) is 2. The summed E-state index contributed by atoms with van der Waals surface area (Å²) in [5.74, 6) is -0.123. The molecule has 3 N–H and O–H groups in total. The van der Waals surface area contributed by atoms with Crippen LogP contribution in [-0.2, 0) is 0 Å². The van der Waals surface area contributed by atoms with Crippen LogP contribution in [0.15, 0.2) is 18.3 Å². The van der Waals surface area contributed by atoms with Crippen LogP contribution in [0, 0.1) is 0 Å². The largest absolute Gasteiger partial charge is 0.480 e. The van der Waals surface area contributed by atoms with Gasteiger partial charge in [0, 0.05) is 23.7 Å². The van der Waals surface area contributed by atoms with Crippen LogP contribution in [0.25, 0.3) is 22.0 Å². The molecule has 0 spiro atoms. The van der Waals surface area contributed by atoms with Crippen LogP contribution < -0.4 is 20.5 Å². The molecule has 9 nitrogen and oxygen atoms in total. The van der Waals surface area contributed by atoms with Gasteiger partial charge in [-0.3, -0.25) is 4.79 Å². The molecule has 28 heavy (non-hydrogen) atoms. The molecule has 0 saturated carbocycles. The van der Waals surface area contributed by atoms with E-state index in [4.69, 9.17) is 26.8 Å². The third-order valence-corrected chi connectivity index (χ3v) is 4.36. The van der Waals surface area contributed by atoms with Gasteiger partial charge in [0.25, 0.3) is 5.91 Å². The molecule has 1 aromatic carbocycles. The average Bonchev–Trinajstić information content (AvgIpc) is 2.71. The Bertz CT molecular complexity index is 1040. The molecule has 3 aromatic rings. The van der Waals surface area contributed by atoms with Gasteiger partial charge in [-0.05, 0) is 18.6 Å². The Balaban J connectivity index is 2.21. The van der Waals surface area contributed by atoms with Crippen molar-refractivity contribution >= 4 is 34.1 Å². The summed E-state index contributed by atoms with van der Waals surface area (Å²) < 4.78 is 10.4. The number of ether oxygens (including phenoxy) is 2. The van der Waals surface area contributed by atoms with E-state index in [1.54, 1.807) is 12.1 Å². The second kappa shape index (κ2) is 8.22. The Morgan fingerprint density at radius 3 is 2.71 bits per heavy atom. The third-order valence-electron chi connectivity index (χ3n) is 4.05. The van der Waals surface area contributed by atoms with E-state index in [0.717, 1.165) is 6.42 Å². The van der Waals surface area contributed by atoms with E-state index in [0.29, 0.717) is 33.6 Å². The van der Waals surface area contributed by atoms with Gasteiger partial charge in [0.2, 0.25) is 5.88 Å². The van der Waals surface area contributed by atoms with Crippen molar-refractivity contribution in [2.45, 2.75) is 13.3 Å². The van der Waals surface area contributed by atoms with Gasteiger partial charge in [-0.25, -0.2) is 4.98 Å². The van der Waals surface area contributed by atoms with Crippen LogP contribution in [0.3, 0.4) is 0 Å². The molecule has 0 aliphatic rings. The first-order valence-electron chi connectivity index (χ1n) is 8.49. The van der Waals surface area contributed by atoms with Crippen LogP contribution in [-0.4, -0.2) is 46.8 Å². The summed E-state index contributed by atoms with van der Waals surface area (Å²) in [4.78, 5) is 20.6. The molecule has 0 atom stereocenters. The van der Waals surface area contributed by atoms with Crippen molar-refractivity contribution in [2.24, 2.45) is 0 Å². The fourth-order valence-electron chi connectivity index (χ4n) is 2.69. The molecule has 1 amide bonds. The van der Waals surface area contributed by atoms with Crippen molar-refractivity contribution in [2.75, 3.05) is 26.5 Å². The van der Waals surface area contributed by atoms with Crippen molar-refractivity contribution in [3.63, 3.8) is 0 Å². The summed E-state index contributed by atoms with van der Waals surface area (Å²) in [5, 5.41) is 11.9. The molecular formula is C18H19ClN6O3. The van der Waals surface area contributed by atoms with Crippen LogP contribution in [0.4, 0.5) is 5.69 Å². The zero-order chi connectivity index (χ0) is 20.3. The highest BCUT2D eigenvalue weighted by atomic mass is 35.5. The summed E-state index contributed by atoms with van der Waals surface area (Å²) in [7, 11) is 2.93. The maximum absolute atomic E-state index is 12.3. The minimum absolute atomic E-state index is 0.0622. The quantitative estimate of drug-likeness (QED) is 0.644. The van der Waals surface area contributed by atoms with Gasteiger partial charge in [0.15, 0.2) is 5.69 Å². The number of anilines is 1. The lowest BCUT2D eigenvalue weighted by Gasteiger charge is -2.13. The molecule has 10 heteroatoms. The number of benzene rings is 1. The minimum atomic E-state index is -0.379. The highest BCUT2D eigenvalue weighted by molar-refractivity contribution is 6.35. The Labute approximate surface area is 166 Å². The number of carbonyl (C=O) groups is 1. The van der Waals surface area contributed by atoms with Gasteiger partial charge in [0.05, 0.1) is 30.5 Å². The van der Waals surface area contributed by atoms with Gasteiger partial charge in [-0.2, -0.15) is 4.98 Å². The number of nitrogens with zero attached hydrogens (tertiary/aromatic N) is 4. The number of nitrogens with one attached hydrogen (secondary N) is 1. The minimum Gasteiger partial charge on any atom is -0.480 e. The van der Waals surface area contributed by atoms with Crippen molar-refractivity contribution < 1.29 is 14.3 Å². The van der Waals surface area contributed by atoms with Gasteiger partial charge in [-0.1, -0.05) is 18.5 Å². The number of nitrogens with two attached hydrogens (primary N) is 1. The average molecular weight is 403 g/mol. The van der Waals surface area contributed by atoms with Crippen molar-refractivity contribution in [1.29, 1.82) is 0 Å². The lowest BCUT2D eigenvalue weighted by Crippen LogP contribution is -2.26. The molecule has 0 aliphatic heterocycles. The zero-order valence-electron chi connectivity index (χ0n) is 15.6. The number of aromatic nitrogens is 4. The van der Waals surface area contributed by atoms with Crippen LogP contribution in [0.1, 0.15) is 23.8 Å². The maximum Gasteiger partial charge on any atom is 0.319 e. The molecule has 2 heterocycles. The second-order valence-corrected chi connectivity index (χ2v) is 6.22. The highest BCUT2D eigenvalue weighted by Crippen LogP contribution is 2.39. The molecule has 0 radical (unpaired) electrons. The standard InChI is InChI=1S/C18H19ClN6O3/c1-4-7-21-16(26)15-13(20)9-5-6-11(19)12(14(9)24-25-15)10-8-22-18(28-3)23-17(10)27-2/h5-6,8H,4,7H2,1-3H3,(H2,20,24)(H,21,26). The van der Waals surface area contributed by atoms with Crippen LogP contribution >= 0.6 is 11.6 Å². The van der Waals surface area contributed by atoms with Crippen molar-refractivity contribution in [1.82, 2.24) is 25.5 Å².